The van der Waals surface area contributed by atoms with Gasteiger partial charge in [0, 0.05) is 13.2 Å². The molecule has 0 aromatic carbocycles. The zero-order chi connectivity index (χ0) is 11.3. The summed E-state index contributed by atoms with van der Waals surface area (Å²) in [4.78, 5) is 0. The predicted molar refractivity (Wildman–Crippen MR) is 54.5 cm³/mol. The van der Waals surface area contributed by atoms with Crippen molar-refractivity contribution in [3.63, 3.8) is 0 Å². The van der Waals surface area contributed by atoms with Crippen LogP contribution in [-0.4, -0.2) is 37.8 Å². The minimum Gasteiger partial charge on any atom is -0.375 e. The topological polar surface area (TPSA) is 18.5 Å². The Bertz CT molecular complexity index is 176. The molecule has 1 saturated carbocycles. The first-order valence-corrected chi connectivity index (χ1v) is 5.72. The van der Waals surface area contributed by atoms with Gasteiger partial charge in [-0.1, -0.05) is 6.92 Å². The Morgan fingerprint density at radius 1 is 1.00 bits per heavy atom. The second-order valence-corrected chi connectivity index (χ2v) is 3.87. The lowest BCUT2D eigenvalue weighted by Gasteiger charge is -2.34. The highest BCUT2D eigenvalue weighted by Crippen LogP contribution is 2.29. The Labute approximate surface area is 89.9 Å². The number of halogens is 2. The summed E-state index contributed by atoms with van der Waals surface area (Å²) in [6, 6.07) is 0. The van der Waals surface area contributed by atoms with Crippen LogP contribution in [0, 0.1) is 0 Å². The third-order valence-corrected chi connectivity index (χ3v) is 2.67. The average Bonchev–Trinajstić information content (AvgIpc) is 2.24. The molecule has 0 aromatic heterocycles. The van der Waals surface area contributed by atoms with Crippen LogP contribution >= 0.6 is 0 Å². The third kappa shape index (κ3) is 3.38. The first kappa shape index (κ1) is 12.8. The number of alkyl halides is 2. The lowest BCUT2D eigenvalue weighted by atomic mass is 9.91. The Kier molecular flexibility index (Phi) is 5.47. The first-order valence-electron chi connectivity index (χ1n) is 5.72. The van der Waals surface area contributed by atoms with Crippen molar-refractivity contribution in [3.05, 3.63) is 0 Å². The summed E-state index contributed by atoms with van der Waals surface area (Å²) in [5.41, 5.74) is 0. The molecule has 0 spiro atoms. The second kappa shape index (κ2) is 6.38. The summed E-state index contributed by atoms with van der Waals surface area (Å²) < 4.78 is 37.5. The maximum atomic E-state index is 13.6. The van der Waals surface area contributed by atoms with Crippen molar-refractivity contribution in [2.45, 2.75) is 57.7 Å². The zero-order valence-corrected chi connectivity index (χ0v) is 9.42. The van der Waals surface area contributed by atoms with Crippen LogP contribution in [0.5, 0.6) is 0 Å². The Balaban J connectivity index is 2.41. The maximum absolute atomic E-state index is 13.6. The van der Waals surface area contributed by atoms with Crippen molar-refractivity contribution in [3.8, 4) is 0 Å². The molecular formula is C11H20F2O2. The second-order valence-electron chi connectivity index (χ2n) is 3.87. The van der Waals surface area contributed by atoms with Crippen molar-refractivity contribution in [2.24, 2.45) is 0 Å². The lowest BCUT2D eigenvalue weighted by molar-refractivity contribution is -0.115. The molecular weight excluding hydrogens is 202 g/mol. The van der Waals surface area contributed by atoms with E-state index in [0.29, 0.717) is 26.1 Å². The monoisotopic (exact) mass is 222 g/mol. The molecule has 0 amide bonds. The maximum Gasteiger partial charge on any atom is 0.160 e. The summed E-state index contributed by atoms with van der Waals surface area (Å²) in [7, 11) is 0. The largest absolute Gasteiger partial charge is 0.375 e. The van der Waals surface area contributed by atoms with Crippen LogP contribution in [0.15, 0.2) is 0 Å². The van der Waals surface area contributed by atoms with Gasteiger partial charge in [-0.3, -0.25) is 0 Å². The summed E-state index contributed by atoms with van der Waals surface area (Å²) in [6.45, 7) is 4.67. The normalized spacial score (nSPS) is 36.8. The van der Waals surface area contributed by atoms with Gasteiger partial charge in [0.2, 0.25) is 0 Å². The zero-order valence-electron chi connectivity index (χ0n) is 9.42. The van der Waals surface area contributed by atoms with E-state index in [-0.39, 0.29) is 0 Å². The highest BCUT2D eigenvalue weighted by molar-refractivity contribution is 4.89. The molecule has 0 bridgehead atoms. The van der Waals surface area contributed by atoms with E-state index in [1.807, 2.05) is 6.92 Å². The molecule has 0 N–H and O–H groups in total. The van der Waals surface area contributed by atoms with Gasteiger partial charge in [-0.25, -0.2) is 8.78 Å². The number of hydrogen-bond acceptors (Lipinski definition) is 2. The van der Waals surface area contributed by atoms with Gasteiger partial charge in [0.05, 0.1) is 12.2 Å². The first-order chi connectivity index (χ1) is 7.20. The standard InChI is InChI=1S/C11H20F2O2/c1-3-7-15-9-6-5-8(14-4-2)10(12)11(9)13/h8-11H,3-7H2,1-2H3. The summed E-state index contributed by atoms with van der Waals surface area (Å²) in [5, 5.41) is 0. The lowest BCUT2D eigenvalue weighted by Crippen LogP contribution is -2.46. The smallest absolute Gasteiger partial charge is 0.160 e. The van der Waals surface area contributed by atoms with E-state index in [9.17, 15) is 8.78 Å². The van der Waals surface area contributed by atoms with Gasteiger partial charge in [-0.05, 0) is 26.2 Å². The van der Waals surface area contributed by atoms with Crippen LogP contribution in [0.3, 0.4) is 0 Å². The van der Waals surface area contributed by atoms with Gasteiger partial charge < -0.3 is 9.47 Å². The van der Waals surface area contributed by atoms with Crippen molar-refractivity contribution in [2.75, 3.05) is 13.2 Å². The molecule has 90 valence electrons. The van der Waals surface area contributed by atoms with Crippen LogP contribution in [0.2, 0.25) is 0 Å². The van der Waals surface area contributed by atoms with Crippen LogP contribution in [0.1, 0.15) is 33.1 Å². The predicted octanol–water partition coefficient (Wildman–Crippen LogP) is 2.66. The summed E-state index contributed by atoms with van der Waals surface area (Å²) >= 11 is 0. The Hall–Kier alpha value is -0.220. The van der Waals surface area contributed by atoms with Crippen LogP contribution in [0.4, 0.5) is 8.78 Å². The van der Waals surface area contributed by atoms with Crippen molar-refractivity contribution >= 4 is 0 Å². The molecule has 0 radical (unpaired) electrons. The molecule has 0 aromatic rings. The van der Waals surface area contributed by atoms with E-state index >= 15 is 0 Å². The van der Waals surface area contributed by atoms with Gasteiger partial charge in [-0.2, -0.15) is 0 Å². The van der Waals surface area contributed by atoms with Crippen LogP contribution < -0.4 is 0 Å². The molecule has 4 unspecified atom stereocenters. The third-order valence-electron chi connectivity index (χ3n) is 2.67. The van der Waals surface area contributed by atoms with E-state index in [4.69, 9.17) is 9.47 Å². The molecule has 0 aliphatic heterocycles. The minimum absolute atomic E-state index is 0.429. The average molecular weight is 222 g/mol. The fourth-order valence-electron chi connectivity index (χ4n) is 1.89. The van der Waals surface area contributed by atoms with Gasteiger partial charge in [0.25, 0.3) is 0 Å². The number of hydrogen-bond donors (Lipinski definition) is 0. The minimum atomic E-state index is -1.54. The van der Waals surface area contributed by atoms with E-state index < -0.39 is 24.6 Å². The Morgan fingerprint density at radius 3 is 2.00 bits per heavy atom. The highest BCUT2D eigenvalue weighted by atomic mass is 19.2. The summed E-state index contributed by atoms with van der Waals surface area (Å²) in [5.74, 6) is 0. The highest BCUT2D eigenvalue weighted by Gasteiger charge is 2.41. The van der Waals surface area contributed by atoms with Gasteiger partial charge >= 0.3 is 0 Å². The Morgan fingerprint density at radius 2 is 1.53 bits per heavy atom. The molecule has 4 heteroatoms. The molecule has 0 saturated heterocycles. The molecule has 1 rings (SSSR count). The van der Waals surface area contributed by atoms with Gasteiger partial charge in [0.15, 0.2) is 12.3 Å². The quantitative estimate of drug-likeness (QED) is 0.712. The molecule has 2 nitrogen and oxygen atoms in total. The van der Waals surface area contributed by atoms with E-state index in [1.165, 1.54) is 0 Å². The SMILES string of the molecule is CCCOC1CCC(OCC)C(F)C1F. The van der Waals surface area contributed by atoms with E-state index in [0.717, 1.165) is 6.42 Å². The fourth-order valence-corrected chi connectivity index (χ4v) is 1.89. The van der Waals surface area contributed by atoms with Gasteiger partial charge in [0.1, 0.15) is 0 Å². The van der Waals surface area contributed by atoms with Crippen molar-refractivity contribution in [1.29, 1.82) is 0 Å². The number of rotatable bonds is 5. The molecule has 4 atom stereocenters. The van der Waals surface area contributed by atoms with Crippen molar-refractivity contribution < 1.29 is 18.3 Å². The molecule has 1 aliphatic rings. The fraction of sp³-hybridized carbons (Fsp3) is 1.00. The summed E-state index contributed by atoms with van der Waals surface area (Å²) in [6.07, 6.45) is -2.34. The van der Waals surface area contributed by atoms with Crippen molar-refractivity contribution in [1.82, 2.24) is 0 Å². The molecule has 1 fully saturated rings. The van der Waals surface area contributed by atoms with Gasteiger partial charge in [-0.15, -0.1) is 0 Å². The van der Waals surface area contributed by atoms with Crippen LogP contribution in [-0.2, 0) is 9.47 Å². The van der Waals surface area contributed by atoms with E-state index in [2.05, 4.69) is 0 Å². The molecule has 1 aliphatic carbocycles. The molecule has 0 heterocycles. The van der Waals surface area contributed by atoms with E-state index in [1.54, 1.807) is 6.92 Å². The molecule has 15 heavy (non-hydrogen) atoms. The number of ether oxygens (including phenoxy) is 2. The van der Waals surface area contributed by atoms with Crippen LogP contribution in [0.25, 0.3) is 0 Å².